The molecule has 0 spiro atoms. The summed E-state index contributed by atoms with van der Waals surface area (Å²) in [5.41, 5.74) is 8.98. The Morgan fingerprint density at radius 1 is 1.00 bits per heavy atom. The van der Waals surface area contributed by atoms with Crippen LogP contribution in [0, 0.1) is 11.3 Å². The third-order valence-corrected chi connectivity index (χ3v) is 6.55. The Kier molecular flexibility index (Phi) is 7.18. The van der Waals surface area contributed by atoms with Crippen LogP contribution in [0.5, 0.6) is 0 Å². The molecule has 0 amide bonds. The molecule has 0 saturated carbocycles. The molecule has 35 heavy (non-hydrogen) atoms. The largest absolute Gasteiger partial charge is 0.466 e. The zero-order valence-corrected chi connectivity index (χ0v) is 19.8. The number of nitriles is 1. The predicted molar refractivity (Wildman–Crippen MR) is 131 cm³/mol. The van der Waals surface area contributed by atoms with Gasteiger partial charge < -0.3 is 20.5 Å². The normalized spacial score (nSPS) is 18.8. The maximum Gasteiger partial charge on any atom is 0.355 e. The number of carbonyl (C=O) groups is 2. The van der Waals surface area contributed by atoms with E-state index in [9.17, 15) is 14.9 Å². The number of carbonyl (C=O) groups excluding carboxylic acids is 2. The van der Waals surface area contributed by atoms with E-state index in [1.165, 1.54) is 19.1 Å². The van der Waals surface area contributed by atoms with Crippen LogP contribution in [0.3, 0.4) is 0 Å². The summed E-state index contributed by atoms with van der Waals surface area (Å²) in [4.78, 5) is 27.8. The number of rotatable bonds is 5. The van der Waals surface area contributed by atoms with Crippen LogP contribution in [0.4, 0.5) is 5.69 Å². The van der Waals surface area contributed by atoms with E-state index in [-0.39, 0.29) is 22.7 Å². The molecule has 1 saturated heterocycles. The molecule has 1 atom stereocenters. The summed E-state index contributed by atoms with van der Waals surface area (Å²) in [6, 6.07) is 18.8. The number of ether oxygens (including phenoxy) is 2. The smallest absolute Gasteiger partial charge is 0.355 e. The van der Waals surface area contributed by atoms with E-state index >= 15 is 0 Å². The molecule has 4 rings (SSSR count). The lowest BCUT2D eigenvalue weighted by Crippen LogP contribution is -2.40. The van der Waals surface area contributed by atoms with Crippen molar-refractivity contribution in [3.8, 4) is 6.07 Å². The summed E-state index contributed by atoms with van der Waals surface area (Å²) < 4.78 is 10.2. The number of anilines is 1. The Labute approximate surface area is 204 Å². The minimum atomic E-state index is -0.883. The zero-order chi connectivity index (χ0) is 24.9. The van der Waals surface area contributed by atoms with E-state index in [4.69, 9.17) is 15.2 Å². The number of hydrogen-bond acceptors (Lipinski definition) is 8. The maximum atomic E-state index is 13.2. The monoisotopic (exact) mass is 472 g/mol. The summed E-state index contributed by atoms with van der Waals surface area (Å²) >= 11 is 0. The molecular weight excluding hydrogens is 444 g/mol. The van der Waals surface area contributed by atoms with Crippen molar-refractivity contribution in [2.24, 2.45) is 5.73 Å². The molecule has 8 nitrogen and oxygen atoms in total. The van der Waals surface area contributed by atoms with Crippen LogP contribution >= 0.6 is 0 Å². The van der Waals surface area contributed by atoms with Gasteiger partial charge in [0, 0.05) is 5.69 Å². The third kappa shape index (κ3) is 4.51. The summed E-state index contributed by atoms with van der Waals surface area (Å²) in [5.74, 6) is -1.95. The molecule has 2 aromatic rings. The van der Waals surface area contributed by atoms with Crippen LogP contribution in [-0.4, -0.2) is 39.2 Å². The van der Waals surface area contributed by atoms with Crippen molar-refractivity contribution in [1.29, 1.82) is 5.26 Å². The molecule has 2 aromatic carbocycles. The Hall–Kier alpha value is -4.09. The fourth-order valence-electron chi connectivity index (χ4n) is 4.85. The van der Waals surface area contributed by atoms with Gasteiger partial charge in [0.2, 0.25) is 0 Å². The van der Waals surface area contributed by atoms with Crippen molar-refractivity contribution in [2.75, 3.05) is 32.2 Å². The number of benzene rings is 2. The molecule has 1 fully saturated rings. The predicted octanol–water partition coefficient (Wildman–Crippen LogP) is 3.05. The molecule has 8 heteroatoms. The molecule has 2 heterocycles. The summed E-state index contributed by atoms with van der Waals surface area (Å²) in [5, 5.41) is 13.5. The molecule has 2 aliphatic rings. The van der Waals surface area contributed by atoms with E-state index in [1.54, 1.807) is 30.3 Å². The second-order valence-electron chi connectivity index (χ2n) is 8.45. The van der Waals surface area contributed by atoms with Crippen LogP contribution in [0.25, 0.3) is 0 Å². The van der Waals surface area contributed by atoms with Crippen molar-refractivity contribution in [3.05, 3.63) is 88.4 Å². The van der Waals surface area contributed by atoms with E-state index in [0.29, 0.717) is 17.2 Å². The second-order valence-corrected chi connectivity index (χ2v) is 8.45. The van der Waals surface area contributed by atoms with E-state index in [2.05, 4.69) is 11.4 Å². The third-order valence-electron chi connectivity index (χ3n) is 6.55. The molecule has 2 aliphatic heterocycles. The highest BCUT2D eigenvalue weighted by atomic mass is 16.5. The zero-order valence-electron chi connectivity index (χ0n) is 19.8. The fraction of sp³-hybridized carbons (Fsp3) is 0.296. The van der Waals surface area contributed by atoms with Crippen molar-refractivity contribution >= 4 is 17.6 Å². The van der Waals surface area contributed by atoms with Crippen molar-refractivity contribution < 1.29 is 19.1 Å². The molecule has 180 valence electrons. The van der Waals surface area contributed by atoms with Gasteiger partial charge in [0.15, 0.2) is 0 Å². The molecule has 0 aliphatic carbocycles. The second kappa shape index (κ2) is 10.5. The van der Waals surface area contributed by atoms with Gasteiger partial charge in [0.25, 0.3) is 0 Å². The lowest BCUT2D eigenvalue weighted by atomic mass is 9.80. The summed E-state index contributed by atoms with van der Waals surface area (Å²) in [7, 11) is 2.48. The quantitative estimate of drug-likeness (QED) is 0.638. The first-order chi connectivity index (χ1) is 17.0. The van der Waals surface area contributed by atoms with Gasteiger partial charge >= 0.3 is 11.9 Å². The van der Waals surface area contributed by atoms with Crippen LogP contribution in [0.2, 0.25) is 0 Å². The topological polar surface area (TPSA) is 118 Å². The number of nitrogens with one attached hydrogen (secondary N) is 1. The highest BCUT2D eigenvalue weighted by Crippen LogP contribution is 2.43. The van der Waals surface area contributed by atoms with Gasteiger partial charge in [-0.2, -0.15) is 5.26 Å². The Morgan fingerprint density at radius 2 is 1.66 bits per heavy atom. The van der Waals surface area contributed by atoms with E-state index in [0.717, 1.165) is 31.5 Å². The Bertz CT molecular complexity index is 1220. The van der Waals surface area contributed by atoms with Gasteiger partial charge in [-0.3, -0.25) is 4.90 Å². The van der Waals surface area contributed by atoms with Crippen LogP contribution < -0.4 is 16.0 Å². The standard InChI is InChI=1S/C27H28N4O4/c1-34-26(32)23-22(18-7-4-3-5-8-18)21(16-28)25(29)31(24(23)27(33)35-2)20-10-6-9-19(15-20)17-11-13-30-14-12-17/h3-10,15,17,22,30H,11-14,29H2,1-2H3. The van der Waals surface area contributed by atoms with Crippen molar-refractivity contribution in [3.63, 3.8) is 0 Å². The first-order valence-corrected chi connectivity index (χ1v) is 11.5. The molecule has 0 aromatic heterocycles. The number of methoxy groups -OCH3 is 2. The number of nitrogens with zero attached hydrogens (tertiary/aromatic N) is 2. The van der Waals surface area contributed by atoms with Gasteiger partial charge in [0.05, 0.1) is 37.4 Å². The highest BCUT2D eigenvalue weighted by molar-refractivity contribution is 6.06. The maximum absolute atomic E-state index is 13.2. The molecule has 0 radical (unpaired) electrons. The first-order valence-electron chi connectivity index (χ1n) is 11.5. The molecule has 1 unspecified atom stereocenters. The Balaban J connectivity index is 1.96. The van der Waals surface area contributed by atoms with Gasteiger partial charge in [0.1, 0.15) is 11.5 Å². The van der Waals surface area contributed by atoms with Gasteiger partial charge in [-0.15, -0.1) is 0 Å². The van der Waals surface area contributed by atoms with Crippen LogP contribution in [0.1, 0.15) is 35.8 Å². The van der Waals surface area contributed by atoms with Crippen LogP contribution in [0.15, 0.2) is 77.3 Å². The average molecular weight is 473 g/mol. The van der Waals surface area contributed by atoms with Crippen molar-refractivity contribution in [2.45, 2.75) is 24.7 Å². The lowest BCUT2D eigenvalue weighted by molar-refractivity contribution is -0.139. The van der Waals surface area contributed by atoms with Gasteiger partial charge in [-0.25, -0.2) is 9.59 Å². The number of allylic oxidation sites excluding steroid dienone is 1. The number of nitrogens with two attached hydrogens (primary N) is 1. The number of esters is 2. The minimum absolute atomic E-state index is 0.00331. The van der Waals surface area contributed by atoms with Gasteiger partial charge in [-0.05, 0) is 55.1 Å². The van der Waals surface area contributed by atoms with E-state index in [1.807, 2.05) is 24.3 Å². The molecule has 3 N–H and O–H groups in total. The lowest BCUT2D eigenvalue weighted by Gasteiger charge is -2.36. The average Bonchev–Trinajstić information content (AvgIpc) is 2.92. The summed E-state index contributed by atoms with van der Waals surface area (Å²) in [6.07, 6.45) is 1.98. The minimum Gasteiger partial charge on any atom is -0.466 e. The number of piperidine rings is 1. The molecule has 0 bridgehead atoms. The van der Waals surface area contributed by atoms with Crippen LogP contribution in [-0.2, 0) is 19.1 Å². The number of hydrogen-bond donors (Lipinski definition) is 2. The SMILES string of the molecule is COC(=O)C1=C(C(=O)OC)N(c2cccc(C3CCNCC3)c2)C(N)=C(C#N)C1c1ccccc1. The highest BCUT2D eigenvalue weighted by Gasteiger charge is 2.43. The van der Waals surface area contributed by atoms with E-state index < -0.39 is 17.9 Å². The Morgan fingerprint density at radius 3 is 2.29 bits per heavy atom. The summed E-state index contributed by atoms with van der Waals surface area (Å²) in [6.45, 7) is 1.86. The first kappa shape index (κ1) is 24.0. The fourth-order valence-corrected chi connectivity index (χ4v) is 4.85. The molecular formula is C27H28N4O4. The van der Waals surface area contributed by atoms with Crippen molar-refractivity contribution in [1.82, 2.24) is 5.32 Å². The van der Waals surface area contributed by atoms with Gasteiger partial charge in [-0.1, -0.05) is 42.5 Å².